The number of benzene rings is 1. The first-order valence-electron chi connectivity index (χ1n) is 6.83. The summed E-state index contributed by atoms with van der Waals surface area (Å²) < 4.78 is 18.2. The maximum atomic E-state index is 13.1. The third kappa shape index (κ3) is 3.31. The van der Waals surface area contributed by atoms with Gasteiger partial charge in [0.2, 0.25) is 5.88 Å². The molecule has 108 valence electrons. The molecule has 2 aromatic rings. The zero-order valence-corrected chi connectivity index (χ0v) is 12.2. The minimum atomic E-state index is -0.377. The summed E-state index contributed by atoms with van der Waals surface area (Å²) in [5.74, 6) is -0.151. The van der Waals surface area contributed by atoms with Crippen LogP contribution in [0.15, 0.2) is 22.7 Å². The van der Waals surface area contributed by atoms with Gasteiger partial charge in [-0.1, -0.05) is 42.9 Å². The van der Waals surface area contributed by atoms with Gasteiger partial charge in [-0.15, -0.1) is 0 Å². The Morgan fingerprint density at radius 2 is 2.10 bits per heavy atom. The molecule has 3 nitrogen and oxygen atoms in total. The first-order valence-corrected chi connectivity index (χ1v) is 7.20. The van der Waals surface area contributed by atoms with Gasteiger partial charge in [0.1, 0.15) is 5.82 Å². The molecule has 0 aliphatic heterocycles. The summed E-state index contributed by atoms with van der Waals surface area (Å²) in [6.07, 6.45) is 5.31. The smallest absolute Gasteiger partial charge is 0.230 e. The van der Waals surface area contributed by atoms with Crippen LogP contribution in [0.3, 0.4) is 0 Å². The number of aryl methyl sites for hydroxylation is 1. The highest BCUT2D eigenvalue weighted by molar-refractivity contribution is 6.33. The molecule has 0 fully saturated rings. The van der Waals surface area contributed by atoms with Crippen molar-refractivity contribution < 1.29 is 8.91 Å². The van der Waals surface area contributed by atoms with Crippen molar-refractivity contribution in [2.24, 2.45) is 0 Å². The Balaban J connectivity index is 2.24. The van der Waals surface area contributed by atoms with E-state index in [9.17, 15) is 4.39 Å². The van der Waals surface area contributed by atoms with Crippen molar-refractivity contribution in [3.05, 3.63) is 34.7 Å². The van der Waals surface area contributed by atoms with Gasteiger partial charge in [0.05, 0.1) is 16.3 Å². The van der Waals surface area contributed by atoms with Crippen LogP contribution < -0.4 is 5.73 Å². The Bertz CT molecular complexity index is 583. The van der Waals surface area contributed by atoms with Crippen LogP contribution in [0, 0.1) is 5.82 Å². The lowest BCUT2D eigenvalue weighted by Gasteiger charge is -2.05. The lowest BCUT2D eigenvalue weighted by Crippen LogP contribution is -1.93. The van der Waals surface area contributed by atoms with Crippen LogP contribution >= 0.6 is 11.6 Å². The summed E-state index contributed by atoms with van der Waals surface area (Å²) >= 11 is 6.08. The predicted molar refractivity (Wildman–Crippen MR) is 79.2 cm³/mol. The summed E-state index contributed by atoms with van der Waals surface area (Å²) in [7, 11) is 0. The maximum Gasteiger partial charge on any atom is 0.230 e. The van der Waals surface area contributed by atoms with E-state index in [0.717, 1.165) is 25.0 Å². The average Bonchev–Trinajstić information content (AvgIpc) is 2.76. The fraction of sp³-hybridized carbons (Fsp3) is 0.400. The summed E-state index contributed by atoms with van der Waals surface area (Å²) in [6.45, 7) is 2.16. The monoisotopic (exact) mass is 296 g/mol. The summed E-state index contributed by atoms with van der Waals surface area (Å²) in [5, 5.41) is 4.32. The van der Waals surface area contributed by atoms with Crippen molar-refractivity contribution in [1.29, 1.82) is 0 Å². The van der Waals surface area contributed by atoms with E-state index >= 15 is 0 Å². The second kappa shape index (κ2) is 6.75. The van der Waals surface area contributed by atoms with Crippen molar-refractivity contribution in [1.82, 2.24) is 5.16 Å². The van der Waals surface area contributed by atoms with E-state index in [2.05, 4.69) is 12.1 Å². The SMILES string of the molecule is CCCCCCc1noc(N)c1-c1ccc(F)cc1Cl. The van der Waals surface area contributed by atoms with Gasteiger partial charge < -0.3 is 10.3 Å². The van der Waals surface area contributed by atoms with Crippen LogP contribution in [0.25, 0.3) is 11.1 Å². The van der Waals surface area contributed by atoms with Gasteiger partial charge in [0, 0.05) is 5.56 Å². The van der Waals surface area contributed by atoms with Crippen molar-refractivity contribution in [3.8, 4) is 11.1 Å². The first kappa shape index (κ1) is 14.9. The molecule has 0 atom stereocenters. The van der Waals surface area contributed by atoms with Gasteiger partial charge in [-0.25, -0.2) is 4.39 Å². The molecular weight excluding hydrogens is 279 g/mol. The standard InChI is InChI=1S/C15H18ClFN2O/c1-2-3-4-5-6-13-14(15(18)20-19-13)11-8-7-10(17)9-12(11)16/h7-9H,2-6,18H2,1H3. The van der Waals surface area contributed by atoms with Gasteiger partial charge in [-0.3, -0.25) is 0 Å². The van der Waals surface area contributed by atoms with Crippen LogP contribution in [0.2, 0.25) is 5.02 Å². The van der Waals surface area contributed by atoms with Crippen LogP contribution in [-0.4, -0.2) is 5.16 Å². The normalized spacial score (nSPS) is 10.9. The Labute approximate surface area is 122 Å². The molecule has 5 heteroatoms. The fourth-order valence-electron chi connectivity index (χ4n) is 2.21. The maximum absolute atomic E-state index is 13.1. The van der Waals surface area contributed by atoms with E-state index in [-0.39, 0.29) is 11.7 Å². The molecule has 0 spiro atoms. The first-order chi connectivity index (χ1) is 9.63. The van der Waals surface area contributed by atoms with E-state index < -0.39 is 0 Å². The molecule has 0 saturated carbocycles. The zero-order valence-electron chi connectivity index (χ0n) is 11.5. The average molecular weight is 297 g/mol. The molecule has 2 rings (SSSR count). The van der Waals surface area contributed by atoms with E-state index in [0.29, 0.717) is 16.1 Å². The Kier molecular flexibility index (Phi) is 5.01. The molecule has 1 aromatic carbocycles. The summed E-state index contributed by atoms with van der Waals surface area (Å²) in [4.78, 5) is 0. The third-order valence-corrected chi connectivity index (χ3v) is 3.57. The number of anilines is 1. The number of nitrogens with zero attached hydrogens (tertiary/aromatic N) is 1. The molecule has 0 aliphatic rings. The summed E-state index contributed by atoms with van der Waals surface area (Å²) in [5.41, 5.74) is 7.96. The van der Waals surface area contributed by atoms with E-state index in [4.69, 9.17) is 21.9 Å². The van der Waals surface area contributed by atoms with E-state index in [1.165, 1.54) is 25.0 Å². The highest BCUT2D eigenvalue weighted by atomic mass is 35.5. The predicted octanol–water partition coefficient (Wildman–Crippen LogP) is 4.84. The second-order valence-corrected chi connectivity index (χ2v) is 5.21. The molecule has 0 radical (unpaired) electrons. The largest absolute Gasteiger partial charge is 0.367 e. The Morgan fingerprint density at radius 1 is 1.30 bits per heavy atom. The minimum Gasteiger partial charge on any atom is -0.367 e. The molecule has 0 bridgehead atoms. The topological polar surface area (TPSA) is 52.0 Å². The number of nitrogens with two attached hydrogens (primary N) is 1. The van der Waals surface area contributed by atoms with Gasteiger partial charge in [-0.05, 0) is 31.0 Å². The lowest BCUT2D eigenvalue weighted by atomic mass is 10.0. The third-order valence-electron chi connectivity index (χ3n) is 3.26. The summed E-state index contributed by atoms with van der Waals surface area (Å²) in [6, 6.07) is 4.23. The van der Waals surface area contributed by atoms with Gasteiger partial charge in [-0.2, -0.15) is 0 Å². The molecule has 0 unspecified atom stereocenters. The van der Waals surface area contributed by atoms with Crippen LogP contribution in [0.5, 0.6) is 0 Å². The Hall–Kier alpha value is -1.55. The highest BCUT2D eigenvalue weighted by Gasteiger charge is 2.18. The molecule has 0 aliphatic carbocycles. The quantitative estimate of drug-likeness (QED) is 0.776. The molecule has 2 N–H and O–H groups in total. The number of halogens is 2. The Morgan fingerprint density at radius 3 is 2.80 bits per heavy atom. The minimum absolute atomic E-state index is 0.226. The number of rotatable bonds is 6. The van der Waals surface area contributed by atoms with Crippen molar-refractivity contribution >= 4 is 17.5 Å². The van der Waals surface area contributed by atoms with Crippen LogP contribution in [0.4, 0.5) is 10.3 Å². The number of unbranched alkanes of at least 4 members (excludes halogenated alkanes) is 3. The number of aromatic nitrogens is 1. The van der Waals surface area contributed by atoms with Gasteiger partial charge in [0.15, 0.2) is 0 Å². The number of nitrogen functional groups attached to an aromatic ring is 1. The number of hydrogen-bond acceptors (Lipinski definition) is 3. The highest BCUT2D eigenvalue weighted by Crippen LogP contribution is 2.35. The van der Waals surface area contributed by atoms with Crippen LogP contribution in [-0.2, 0) is 6.42 Å². The van der Waals surface area contributed by atoms with E-state index in [1.54, 1.807) is 6.07 Å². The molecular formula is C15H18ClFN2O. The molecule has 0 amide bonds. The van der Waals surface area contributed by atoms with E-state index in [1.807, 2.05) is 0 Å². The zero-order chi connectivity index (χ0) is 14.5. The van der Waals surface area contributed by atoms with Crippen molar-refractivity contribution in [2.75, 3.05) is 5.73 Å². The molecule has 1 heterocycles. The molecule has 0 saturated heterocycles. The van der Waals surface area contributed by atoms with Gasteiger partial charge >= 0.3 is 0 Å². The van der Waals surface area contributed by atoms with Crippen molar-refractivity contribution in [3.63, 3.8) is 0 Å². The molecule has 1 aromatic heterocycles. The number of hydrogen-bond donors (Lipinski definition) is 1. The van der Waals surface area contributed by atoms with Crippen molar-refractivity contribution in [2.45, 2.75) is 39.0 Å². The fourth-order valence-corrected chi connectivity index (χ4v) is 2.47. The van der Waals surface area contributed by atoms with Gasteiger partial charge in [0.25, 0.3) is 0 Å². The van der Waals surface area contributed by atoms with Crippen LogP contribution in [0.1, 0.15) is 38.3 Å². The lowest BCUT2D eigenvalue weighted by molar-refractivity contribution is 0.426. The molecule has 20 heavy (non-hydrogen) atoms. The second-order valence-electron chi connectivity index (χ2n) is 4.80.